The highest BCUT2D eigenvalue weighted by Gasteiger charge is 2.16. The van der Waals surface area contributed by atoms with Crippen LogP contribution in [0.5, 0.6) is 17.2 Å². The normalized spacial score (nSPS) is 10.8. The summed E-state index contributed by atoms with van der Waals surface area (Å²) in [6.45, 7) is 1.95. The third-order valence-electron chi connectivity index (χ3n) is 2.73. The number of phenols is 3. The van der Waals surface area contributed by atoms with Gasteiger partial charge in [0.25, 0.3) is 0 Å². The average Bonchev–Trinajstić information content (AvgIpc) is 2.32. The molecule has 0 heterocycles. The third kappa shape index (κ3) is 1.45. The molecule has 0 saturated carbocycles. The predicted octanol–water partition coefficient (Wildman–Crippen LogP) is 2.91. The number of phenolic OH excluding ortho intramolecular Hbond substituents is 3. The molecular formula is C13H14O3. The van der Waals surface area contributed by atoms with Crippen LogP contribution in [0.4, 0.5) is 0 Å². The highest BCUT2D eigenvalue weighted by molar-refractivity contribution is 5.96. The number of aromatic hydroxyl groups is 3. The highest BCUT2D eigenvalue weighted by atomic mass is 16.3. The molecule has 16 heavy (non-hydrogen) atoms. The van der Waals surface area contributed by atoms with Crippen molar-refractivity contribution in [2.24, 2.45) is 0 Å². The quantitative estimate of drug-likeness (QED) is 0.536. The summed E-state index contributed by atoms with van der Waals surface area (Å²) in [5.41, 5.74) is 0.415. The van der Waals surface area contributed by atoms with Crippen LogP contribution in [0.3, 0.4) is 0 Å². The van der Waals surface area contributed by atoms with Gasteiger partial charge in [0, 0.05) is 16.3 Å². The van der Waals surface area contributed by atoms with Gasteiger partial charge in [-0.2, -0.15) is 0 Å². The molecule has 0 saturated heterocycles. The van der Waals surface area contributed by atoms with Gasteiger partial charge in [0.2, 0.25) is 0 Å². The molecule has 2 aromatic rings. The van der Waals surface area contributed by atoms with Crippen molar-refractivity contribution in [3.8, 4) is 17.2 Å². The van der Waals surface area contributed by atoms with Gasteiger partial charge in [-0.15, -0.1) is 0 Å². The molecule has 0 bridgehead atoms. The van der Waals surface area contributed by atoms with Gasteiger partial charge in [-0.25, -0.2) is 0 Å². The molecule has 2 aromatic carbocycles. The SMILES string of the molecule is CCCc1c(O)c(O)c2ccccc2c1O. The van der Waals surface area contributed by atoms with E-state index < -0.39 is 0 Å². The second-order valence-electron chi connectivity index (χ2n) is 3.82. The van der Waals surface area contributed by atoms with Crippen LogP contribution in [0.1, 0.15) is 18.9 Å². The molecule has 0 atom stereocenters. The zero-order chi connectivity index (χ0) is 11.7. The Morgan fingerprint density at radius 1 is 0.875 bits per heavy atom. The van der Waals surface area contributed by atoms with Gasteiger partial charge >= 0.3 is 0 Å². The molecule has 0 aliphatic rings. The molecule has 84 valence electrons. The van der Waals surface area contributed by atoms with E-state index in [-0.39, 0.29) is 17.2 Å². The summed E-state index contributed by atoms with van der Waals surface area (Å²) in [4.78, 5) is 0. The van der Waals surface area contributed by atoms with Crippen LogP contribution < -0.4 is 0 Å². The first-order valence-corrected chi connectivity index (χ1v) is 5.31. The van der Waals surface area contributed by atoms with E-state index >= 15 is 0 Å². The van der Waals surface area contributed by atoms with Crippen LogP contribution >= 0.6 is 0 Å². The average molecular weight is 218 g/mol. The first-order chi connectivity index (χ1) is 7.66. The van der Waals surface area contributed by atoms with Crippen LogP contribution in [0, 0.1) is 0 Å². The highest BCUT2D eigenvalue weighted by Crippen LogP contribution is 2.44. The third-order valence-corrected chi connectivity index (χ3v) is 2.73. The second kappa shape index (κ2) is 3.93. The standard InChI is InChI=1S/C13H14O3/c1-2-5-10-11(14)8-6-3-4-7-9(8)12(15)13(10)16/h3-4,6-7,14-16H,2,5H2,1H3. The molecule has 0 aromatic heterocycles. The maximum Gasteiger partial charge on any atom is 0.166 e. The van der Waals surface area contributed by atoms with Gasteiger partial charge in [-0.3, -0.25) is 0 Å². The molecular weight excluding hydrogens is 204 g/mol. The predicted molar refractivity (Wildman–Crippen MR) is 62.9 cm³/mol. The Bertz CT molecular complexity index is 532. The molecule has 3 nitrogen and oxygen atoms in total. The summed E-state index contributed by atoms with van der Waals surface area (Å²) >= 11 is 0. The van der Waals surface area contributed by atoms with Crippen molar-refractivity contribution >= 4 is 10.8 Å². The van der Waals surface area contributed by atoms with Crippen LogP contribution in [0.25, 0.3) is 10.8 Å². The van der Waals surface area contributed by atoms with Crippen molar-refractivity contribution in [1.82, 2.24) is 0 Å². The van der Waals surface area contributed by atoms with Crippen molar-refractivity contribution in [3.63, 3.8) is 0 Å². The molecule has 0 unspecified atom stereocenters. The molecule has 0 fully saturated rings. The number of rotatable bonds is 2. The van der Waals surface area contributed by atoms with Gasteiger partial charge in [0.05, 0.1) is 0 Å². The van der Waals surface area contributed by atoms with Crippen molar-refractivity contribution < 1.29 is 15.3 Å². The maximum atomic E-state index is 10.0. The van der Waals surface area contributed by atoms with Crippen LogP contribution in [0.2, 0.25) is 0 Å². The van der Waals surface area contributed by atoms with Crippen molar-refractivity contribution in [2.45, 2.75) is 19.8 Å². The van der Waals surface area contributed by atoms with Crippen molar-refractivity contribution in [1.29, 1.82) is 0 Å². The first kappa shape index (κ1) is 10.6. The zero-order valence-electron chi connectivity index (χ0n) is 9.07. The summed E-state index contributed by atoms with van der Waals surface area (Å²) < 4.78 is 0. The number of fused-ring (bicyclic) bond motifs is 1. The van der Waals surface area contributed by atoms with E-state index in [9.17, 15) is 15.3 Å². The van der Waals surface area contributed by atoms with E-state index in [0.717, 1.165) is 6.42 Å². The Labute approximate surface area is 93.6 Å². The fourth-order valence-corrected chi connectivity index (χ4v) is 1.93. The number of benzene rings is 2. The topological polar surface area (TPSA) is 60.7 Å². The molecule has 0 amide bonds. The minimum absolute atomic E-state index is 0.0627. The summed E-state index contributed by atoms with van der Waals surface area (Å²) in [6.07, 6.45) is 1.33. The molecule has 0 aliphatic carbocycles. The summed E-state index contributed by atoms with van der Waals surface area (Å²) in [5, 5.41) is 30.7. The molecule has 2 rings (SSSR count). The molecule has 0 aliphatic heterocycles. The molecule has 0 spiro atoms. The van der Waals surface area contributed by atoms with Crippen LogP contribution in [0.15, 0.2) is 24.3 Å². The van der Waals surface area contributed by atoms with Crippen molar-refractivity contribution in [3.05, 3.63) is 29.8 Å². The largest absolute Gasteiger partial charge is 0.507 e. The Morgan fingerprint density at radius 2 is 1.44 bits per heavy atom. The first-order valence-electron chi connectivity index (χ1n) is 5.31. The summed E-state index contributed by atoms with van der Waals surface area (Å²) in [5.74, 6) is -0.303. The van der Waals surface area contributed by atoms with Crippen LogP contribution in [-0.4, -0.2) is 15.3 Å². The monoisotopic (exact) mass is 218 g/mol. The van der Waals surface area contributed by atoms with E-state index in [4.69, 9.17) is 0 Å². The van der Waals surface area contributed by atoms with Gasteiger partial charge in [0.1, 0.15) is 5.75 Å². The summed E-state index contributed by atoms with van der Waals surface area (Å²) in [7, 11) is 0. The minimum Gasteiger partial charge on any atom is -0.507 e. The summed E-state index contributed by atoms with van der Waals surface area (Å²) in [6, 6.07) is 6.93. The van der Waals surface area contributed by atoms with E-state index in [1.807, 2.05) is 6.92 Å². The van der Waals surface area contributed by atoms with Gasteiger partial charge < -0.3 is 15.3 Å². The van der Waals surface area contributed by atoms with E-state index in [1.165, 1.54) is 0 Å². The number of hydrogen-bond donors (Lipinski definition) is 3. The van der Waals surface area contributed by atoms with Gasteiger partial charge in [0.15, 0.2) is 11.5 Å². The Morgan fingerprint density at radius 3 is 2.00 bits per heavy atom. The molecule has 3 heteroatoms. The van der Waals surface area contributed by atoms with E-state index in [0.29, 0.717) is 22.8 Å². The molecule has 3 N–H and O–H groups in total. The number of hydrogen-bond acceptors (Lipinski definition) is 3. The lowest BCUT2D eigenvalue weighted by Crippen LogP contribution is -1.88. The van der Waals surface area contributed by atoms with Gasteiger partial charge in [-0.1, -0.05) is 37.6 Å². The van der Waals surface area contributed by atoms with Crippen molar-refractivity contribution in [2.75, 3.05) is 0 Å². The van der Waals surface area contributed by atoms with Gasteiger partial charge in [-0.05, 0) is 6.42 Å². The second-order valence-corrected chi connectivity index (χ2v) is 3.82. The Balaban J connectivity index is 2.83. The Kier molecular flexibility index (Phi) is 2.60. The lowest BCUT2D eigenvalue weighted by Gasteiger charge is -2.11. The fourth-order valence-electron chi connectivity index (χ4n) is 1.93. The van der Waals surface area contributed by atoms with E-state index in [2.05, 4.69) is 0 Å². The fraction of sp³-hybridized carbons (Fsp3) is 0.231. The minimum atomic E-state index is -0.210. The zero-order valence-corrected chi connectivity index (χ0v) is 9.07. The maximum absolute atomic E-state index is 10.0. The Hall–Kier alpha value is -1.90. The van der Waals surface area contributed by atoms with Crippen LogP contribution in [-0.2, 0) is 6.42 Å². The van der Waals surface area contributed by atoms with E-state index in [1.54, 1.807) is 24.3 Å². The smallest absolute Gasteiger partial charge is 0.166 e. The molecule has 0 radical (unpaired) electrons. The lowest BCUT2D eigenvalue weighted by atomic mass is 10.00. The lowest BCUT2D eigenvalue weighted by molar-refractivity contribution is 0.395.